The average molecular weight is 370 g/mol. The standard InChI is InChI=1S/C17H21Cl2N3O2/c1-11(2)21-8-14(23)9-24-17-15(6-13(18)7-16(17)19)12(3)22-5-4-20-10-22/h4-7,10-11,14,21,23H,3,8-9H2,1-2H3. The molecule has 0 saturated heterocycles. The summed E-state index contributed by atoms with van der Waals surface area (Å²) in [7, 11) is 0. The minimum atomic E-state index is -0.659. The van der Waals surface area contributed by atoms with Gasteiger partial charge in [-0.1, -0.05) is 43.6 Å². The first-order valence-corrected chi connectivity index (χ1v) is 8.35. The number of hydrogen-bond donors (Lipinski definition) is 2. The molecule has 0 aliphatic rings. The van der Waals surface area contributed by atoms with Crippen LogP contribution in [0.25, 0.3) is 5.70 Å². The number of aromatic nitrogens is 2. The van der Waals surface area contributed by atoms with Crippen molar-refractivity contribution in [3.63, 3.8) is 0 Å². The quantitative estimate of drug-likeness (QED) is 0.747. The Morgan fingerprint density at radius 2 is 2.17 bits per heavy atom. The maximum absolute atomic E-state index is 10.0. The summed E-state index contributed by atoms with van der Waals surface area (Å²) in [6, 6.07) is 3.61. The molecule has 2 N–H and O–H groups in total. The van der Waals surface area contributed by atoms with Crippen LogP contribution in [0.3, 0.4) is 0 Å². The summed E-state index contributed by atoms with van der Waals surface area (Å²) in [5.41, 5.74) is 1.27. The molecule has 24 heavy (non-hydrogen) atoms. The van der Waals surface area contributed by atoms with E-state index in [2.05, 4.69) is 16.9 Å². The summed E-state index contributed by atoms with van der Waals surface area (Å²) < 4.78 is 7.50. The predicted octanol–water partition coefficient (Wildman–Crippen LogP) is 3.45. The van der Waals surface area contributed by atoms with Crippen molar-refractivity contribution in [1.82, 2.24) is 14.9 Å². The molecule has 0 radical (unpaired) electrons. The number of rotatable bonds is 8. The van der Waals surface area contributed by atoms with Gasteiger partial charge in [-0.2, -0.15) is 0 Å². The third-order valence-electron chi connectivity index (χ3n) is 3.32. The fourth-order valence-electron chi connectivity index (χ4n) is 2.09. The molecule has 0 bridgehead atoms. The first-order valence-electron chi connectivity index (χ1n) is 7.59. The molecule has 5 nitrogen and oxygen atoms in total. The van der Waals surface area contributed by atoms with Crippen LogP contribution in [0.4, 0.5) is 0 Å². The van der Waals surface area contributed by atoms with Crippen molar-refractivity contribution in [2.75, 3.05) is 13.2 Å². The fraction of sp³-hybridized carbons (Fsp3) is 0.353. The van der Waals surface area contributed by atoms with Crippen LogP contribution in [0.2, 0.25) is 10.0 Å². The molecule has 2 rings (SSSR count). The lowest BCUT2D eigenvalue weighted by molar-refractivity contribution is 0.104. The molecule has 2 aromatic rings. The monoisotopic (exact) mass is 369 g/mol. The smallest absolute Gasteiger partial charge is 0.147 e. The maximum Gasteiger partial charge on any atom is 0.147 e. The summed E-state index contributed by atoms with van der Waals surface area (Å²) in [6.45, 7) is 8.60. The Bertz CT molecular complexity index is 687. The first kappa shape index (κ1) is 18.8. The van der Waals surface area contributed by atoms with Crippen LogP contribution in [-0.4, -0.2) is 40.0 Å². The van der Waals surface area contributed by atoms with Gasteiger partial charge in [0.05, 0.1) is 17.0 Å². The number of hydrogen-bond acceptors (Lipinski definition) is 4. The van der Waals surface area contributed by atoms with Gasteiger partial charge in [-0.25, -0.2) is 4.98 Å². The van der Waals surface area contributed by atoms with Crippen LogP contribution in [0.15, 0.2) is 37.4 Å². The van der Waals surface area contributed by atoms with Crippen molar-refractivity contribution in [3.05, 3.63) is 53.0 Å². The van der Waals surface area contributed by atoms with E-state index in [-0.39, 0.29) is 12.6 Å². The van der Waals surface area contributed by atoms with E-state index in [4.69, 9.17) is 27.9 Å². The van der Waals surface area contributed by atoms with Gasteiger partial charge in [0.25, 0.3) is 0 Å². The van der Waals surface area contributed by atoms with Crippen molar-refractivity contribution in [1.29, 1.82) is 0 Å². The molecule has 0 amide bonds. The van der Waals surface area contributed by atoms with Gasteiger partial charge in [-0.3, -0.25) is 0 Å². The lowest BCUT2D eigenvalue weighted by Crippen LogP contribution is -2.35. The van der Waals surface area contributed by atoms with Crippen molar-refractivity contribution < 1.29 is 9.84 Å². The Morgan fingerprint density at radius 1 is 1.42 bits per heavy atom. The molecule has 0 aliphatic carbocycles. The van der Waals surface area contributed by atoms with Gasteiger partial charge in [-0.15, -0.1) is 0 Å². The predicted molar refractivity (Wildman–Crippen MR) is 97.8 cm³/mol. The SMILES string of the molecule is C=C(c1cc(Cl)cc(Cl)c1OCC(O)CNC(C)C)n1ccnc1. The Morgan fingerprint density at radius 3 is 2.79 bits per heavy atom. The molecule has 1 aromatic carbocycles. The molecule has 0 saturated carbocycles. The molecule has 1 atom stereocenters. The summed E-state index contributed by atoms with van der Waals surface area (Å²) in [6.07, 6.45) is 4.39. The topological polar surface area (TPSA) is 59.3 Å². The van der Waals surface area contributed by atoms with Gasteiger partial charge in [-0.05, 0) is 12.1 Å². The number of aliphatic hydroxyl groups excluding tert-OH is 1. The van der Waals surface area contributed by atoms with Crippen LogP contribution in [-0.2, 0) is 0 Å². The van der Waals surface area contributed by atoms with E-state index in [0.717, 1.165) is 0 Å². The third-order valence-corrected chi connectivity index (χ3v) is 3.82. The summed E-state index contributed by atoms with van der Waals surface area (Å²) in [5.74, 6) is 0.434. The number of benzene rings is 1. The summed E-state index contributed by atoms with van der Waals surface area (Å²) in [4.78, 5) is 4.01. The van der Waals surface area contributed by atoms with Gasteiger partial charge in [0.1, 0.15) is 18.5 Å². The molecule has 0 spiro atoms. The minimum Gasteiger partial charge on any atom is -0.489 e. The van der Waals surface area contributed by atoms with E-state index in [1.807, 2.05) is 13.8 Å². The highest BCUT2D eigenvalue weighted by Gasteiger charge is 2.16. The highest BCUT2D eigenvalue weighted by molar-refractivity contribution is 6.36. The molecule has 1 aromatic heterocycles. The van der Waals surface area contributed by atoms with Gasteiger partial charge in [0.2, 0.25) is 0 Å². The van der Waals surface area contributed by atoms with Crippen LogP contribution in [0.5, 0.6) is 5.75 Å². The Kier molecular flexibility index (Phi) is 6.69. The second kappa shape index (κ2) is 8.53. The number of halogens is 2. The van der Waals surface area contributed by atoms with E-state index in [0.29, 0.717) is 33.6 Å². The van der Waals surface area contributed by atoms with Crippen LogP contribution >= 0.6 is 23.2 Å². The molecule has 130 valence electrons. The van der Waals surface area contributed by atoms with Crippen molar-refractivity contribution in [2.45, 2.75) is 26.0 Å². The lowest BCUT2D eigenvalue weighted by Gasteiger charge is -2.19. The Balaban J connectivity index is 2.18. The molecule has 1 heterocycles. The van der Waals surface area contributed by atoms with Gasteiger partial charge < -0.3 is 19.7 Å². The van der Waals surface area contributed by atoms with E-state index >= 15 is 0 Å². The lowest BCUT2D eigenvalue weighted by atomic mass is 10.1. The maximum atomic E-state index is 10.0. The number of nitrogens with one attached hydrogen (secondary N) is 1. The van der Waals surface area contributed by atoms with Crippen molar-refractivity contribution in [3.8, 4) is 5.75 Å². The number of imidazole rings is 1. The normalized spacial score (nSPS) is 12.4. The molecule has 1 unspecified atom stereocenters. The van der Waals surface area contributed by atoms with E-state index < -0.39 is 6.10 Å². The Labute approximate surface area is 151 Å². The molecule has 7 heteroatoms. The average Bonchev–Trinajstić information content (AvgIpc) is 3.05. The highest BCUT2D eigenvalue weighted by atomic mass is 35.5. The van der Waals surface area contributed by atoms with Gasteiger partial charge in [0.15, 0.2) is 0 Å². The van der Waals surface area contributed by atoms with Crippen LogP contribution in [0, 0.1) is 0 Å². The molecular formula is C17H21Cl2N3O2. The van der Waals surface area contributed by atoms with E-state index in [1.54, 1.807) is 35.4 Å². The largest absolute Gasteiger partial charge is 0.489 e. The van der Waals surface area contributed by atoms with Crippen LogP contribution < -0.4 is 10.1 Å². The fourth-order valence-corrected chi connectivity index (χ4v) is 2.64. The zero-order valence-corrected chi connectivity index (χ0v) is 15.2. The van der Waals surface area contributed by atoms with E-state index in [9.17, 15) is 5.11 Å². The van der Waals surface area contributed by atoms with E-state index in [1.165, 1.54) is 0 Å². The highest BCUT2D eigenvalue weighted by Crippen LogP contribution is 2.36. The van der Waals surface area contributed by atoms with Crippen molar-refractivity contribution in [2.24, 2.45) is 0 Å². The molecule has 0 fully saturated rings. The second-order valence-electron chi connectivity index (χ2n) is 5.71. The molecule has 0 aliphatic heterocycles. The van der Waals surface area contributed by atoms with Gasteiger partial charge >= 0.3 is 0 Å². The summed E-state index contributed by atoms with van der Waals surface area (Å²) in [5, 5.41) is 14.0. The zero-order valence-electron chi connectivity index (χ0n) is 13.7. The number of nitrogens with zero attached hydrogens (tertiary/aromatic N) is 2. The van der Waals surface area contributed by atoms with Crippen LogP contribution in [0.1, 0.15) is 19.4 Å². The van der Waals surface area contributed by atoms with Crippen molar-refractivity contribution >= 4 is 28.9 Å². The number of ether oxygens (including phenoxy) is 1. The second-order valence-corrected chi connectivity index (χ2v) is 6.55. The Hall–Kier alpha value is -1.53. The number of aliphatic hydroxyl groups is 1. The third kappa shape index (κ3) is 4.98. The van der Waals surface area contributed by atoms with Gasteiger partial charge in [0, 0.05) is 35.6 Å². The minimum absolute atomic E-state index is 0.102. The zero-order chi connectivity index (χ0) is 17.7. The first-order chi connectivity index (χ1) is 11.4. The molecular weight excluding hydrogens is 349 g/mol. The summed E-state index contributed by atoms with van der Waals surface area (Å²) >= 11 is 12.4.